The lowest BCUT2D eigenvalue weighted by atomic mass is 10.0. The van der Waals surface area contributed by atoms with E-state index in [1.807, 2.05) is 32.9 Å². The van der Waals surface area contributed by atoms with Gasteiger partial charge in [0.05, 0.1) is 23.0 Å². The summed E-state index contributed by atoms with van der Waals surface area (Å²) in [5, 5.41) is 3.42. The number of aromatic amines is 1. The Hall–Kier alpha value is -3.00. The standard InChI is InChI=1S/C23H24FN3O3S/c1-13(2)27-22-19(23(28)26-27)21(31-14(3)25-22)16-9-7-11-18(29-4)20(16)30-12-15-8-5-6-10-17(15)24/h5-11,13,21H,12H2,1-4H3,(H,26,28). The van der Waals surface area contributed by atoms with E-state index in [1.165, 1.54) is 17.8 Å². The van der Waals surface area contributed by atoms with Gasteiger partial charge in [0, 0.05) is 17.2 Å². The summed E-state index contributed by atoms with van der Waals surface area (Å²) in [6.07, 6.45) is 0. The molecule has 4 rings (SSSR count). The van der Waals surface area contributed by atoms with Gasteiger partial charge in [-0.3, -0.25) is 14.6 Å². The summed E-state index contributed by atoms with van der Waals surface area (Å²) in [5.41, 5.74) is 1.62. The quantitative estimate of drug-likeness (QED) is 0.558. The molecule has 3 aromatic rings. The van der Waals surface area contributed by atoms with E-state index in [2.05, 4.69) is 10.1 Å². The number of H-pyrrole nitrogens is 1. The normalized spacial score (nSPS) is 15.5. The molecule has 0 saturated heterocycles. The fraction of sp³-hybridized carbons (Fsp3) is 0.304. The number of aromatic nitrogens is 2. The molecule has 0 radical (unpaired) electrons. The van der Waals surface area contributed by atoms with E-state index >= 15 is 0 Å². The number of halogens is 1. The lowest BCUT2D eigenvalue weighted by Gasteiger charge is -2.24. The molecule has 1 aliphatic rings. The van der Waals surface area contributed by atoms with E-state index in [1.54, 1.807) is 36.1 Å². The van der Waals surface area contributed by atoms with Gasteiger partial charge in [0.25, 0.3) is 5.56 Å². The maximum atomic E-state index is 14.1. The van der Waals surface area contributed by atoms with Crippen LogP contribution < -0.4 is 15.0 Å². The first-order valence-electron chi connectivity index (χ1n) is 10.00. The zero-order valence-corrected chi connectivity index (χ0v) is 18.6. The van der Waals surface area contributed by atoms with Crippen molar-refractivity contribution >= 4 is 22.6 Å². The monoisotopic (exact) mass is 441 g/mol. The molecule has 0 amide bonds. The Morgan fingerprint density at radius 1 is 1.23 bits per heavy atom. The minimum Gasteiger partial charge on any atom is -0.493 e. The van der Waals surface area contributed by atoms with Crippen LogP contribution in [0.25, 0.3) is 0 Å². The number of nitrogens with zero attached hydrogens (tertiary/aromatic N) is 2. The number of nitrogens with one attached hydrogen (secondary N) is 1. The van der Waals surface area contributed by atoms with Gasteiger partial charge in [-0.05, 0) is 32.9 Å². The Labute approximate surface area is 184 Å². The van der Waals surface area contributed by atoms with Crippen LogP contribution in [0.1, 0.15) is 48.8 Å². The molecule has 1 aliphatic heterocycles. The molecule has 0 aliphatic carbocycles. The molecular weight excluding hydrogens is 417 g/mol. The largest absolute Gasteiger partial charge is 0.493 e. The highest BCUT2D eigenvalue weighted by Crippen LogP contribution is 2.49. The molecule has 0 saturated carbocycles. The Kier molecular flexibility index (Phi) is 5.91. The van der Waals surface area contributed by atoms with Crippen molar-refractivity contribution < 1.29 is 13.9 Å². The highest BCUT2D eigenvalue weighted by atomic mass is 32.2. The average molecular weight is 442 g/mol. The smallest absolute Gasteiger partial charge is 0.271 e. The number of fused-ring (bicyclic) bond motifs is 1. The first kappa shape index (κ1) is 21.2. The van der Waals surface area contributed by atoms with Crippen LogP contribution in [-0.2, 0) is 6.61 Å². The maximum absolute atomic E-state index is 14.1. The van der Waals surface area contributed by atoms with Crippen LogP contribution in [0.4, 0.5) is 10.2 Å². The van der Waals surface area contributed by atoms with Gasteiger partial charge >= 0.3 is 0 Å². The van der Waals surface area contributed by atoms with Gasteiger partial charge in [0.1, 0.15) is 12.4 Å². The third-order valence-electron chi connectivity index (χ3n) is 5.11. The van der Waals surface area contributed by atoms with Crippen molar-refractivity contribution in [2.24, 2.45) is 4.99 Å². The summed E-state index contributed by atoms with van der Waals surface area (Å²) >= 11 is 1.49. The fourth-order valence-electron chi connectivity index (χ4n) is 3.62. The van der Waals surface area contributed by atoms with Gasteiger partial charge in [-0.25, -0.2) is 9.38 Å². The summed E-state index contributed by atoms with van der Waals surface area (Å²) in [6, 6.07) is 12.1. The number of hydrogen-bond donors (Lipinski definition) is 1. The predicted molar refractivity (Wildman–Crippen MR) is 121 cm³/mol. The van der Waals surface area contributed by atoms with Crippen LogP contribution in [-0.4, -0.2) is 21.9 Å². The van der Waals surface area contributed by atoms with Crippen LogP contribution in [0.2, 0.25) is 0 Å². The number of thioether (sulfide) groups is 1. The van der Waals surface area contributed by atoms with Crippen molar-refractivity contribution in [2.45, 2.75) is 38.7 Å². The third-order valence-corrected chi connectivity index (χ3v) is 6.27. The topological polar surface area (TPSA) is 68.6 Å². The number of para-hydroxylation sites is 1. The first-order chi connectivity index (χ1) is 14.9. The first-order valence-corrected chi connectivity index (χ1v) is 10.9. The molecule has 1 atom stereocenters. The van der Waals surface area contributed by atoms with E-state index in [0.717, 1.165) is 10.6 Å². The molecule has 1 aromatic heterocycles. The van der Waals surface area contributed by atoms with E-state index in [0.29, 0.717) is 28.4 Å². The highest BCUT2D eigenvalue weighted by Gasteiger charge is 2.33. The second-order valence-electron chi connectivity index (χ2n) is 7.53. The predicted octanol–water partition coefficient (Wildman–Crippen LogP) is 5.37. The Morgan fingerprint density at radius 3 is 2.71 bits per heavy atom. The second-order valence-corrected chi connectivity index (χ2v) is 8.83. The van der Waals surface area contributed by atoms with E-state index in [4.69, 9.17) is 9.47 Å². The molecule has 8 heteroatoms. The molecule has 162 valence electrons. The molecule has 0 fully saturated rings. The van der Waals surface area contributed by atoms with Crippen molar-refractivity contribution in [1.82, 2.24) is 9.78 Å². The van der Waals surface area contributed by atoms with Crippen molar-refractivity contribution in [3.8, 4) is 11.5 Å². The average Bonchev–Trinajstić information content (AvgIpc) is 3.09. The Morgan fingerprint density at radius 2 is 2.00 bits per heavy atom. The van der Waals surface area contributed by atoms with Crippen LogP contribution in [0.15, 0.2) is 52.3 Å². The van der Waals surface area contributed by atoms with Gasteiger partial charge in [-0.15, -0.1) is 0 Å². The minimum absolute atomic E-state index is 0.0424. The molecule has 1 N–H and O–H groups in total. The summed E-state index contributed by atoms with van der Waals surface area (Å²) in [5.74, 6) is 1.31. The number of ether oxygens (including phenoxy) is 2. The molecule has 0 bridgehead atoms. The number of rotatable bonds is 6. The number of methoxy groups -OCH3 is 1. The van der Waals surface area contributed by atoms with E-state index in [-0.39, 0.29) is 29.3 Å². The summed E-state index contributed by atoms with van der Waals surface area (Å²) in [7, 11) is 1.56. The van der Waals surface area contributed by atoms with Gasteiger partial charge < -0.3 is 9.47 Å². The van der Waals surface area contributed by atoms with Crippen LogP contribution >= 0.6 is 11.8 Å². The summed E-state index contributed by atoms with van der Waals surface area (Å²) in [4.78, 5) is 17.5. The zero-order valence-electron chi connectivity index (χ0n) is 17.8. The van der Waals surface area contributed by atoms with Gasteiger partial charge in [0.2, 0.25) is 0 Å². The van der Waals surface area contributed by atoms with Gasteiger partial charge in [0.15, 0.2) is 17.3 Å². The van der Waals surface area contributed by atoms with Gasteiger partial charge in [-0.1, -0.05) is 42.1 Å². The van der Waals surface area contributed by atoms with Crippen molar-refractivity contribution in [3.05, 3.63) is 75.3 Å². The van der Waals surface area contributed by atoms with Crippen LogP contribution in [0.3, 0.4) is 0 Å². The van der Waals surface area contributed by atoms with Crippen LogP contribution in [0.5, 0.6) is 11.5 Å². The maximum Gasteiger partial charge on any atom is 0.271 e. The molecule has 31 heavy (non-hydrogen) atoms. The molecule has 1 unspecified atom stereocenters. The summed E-state index contributed by atoms with van der Waals surface area (Å²) in [6.45, 7) is 5.95. The SMILES string of the molecule is COc1cccc(C2SC(C)=Nc3c2c(=O)[nH]n3C(C)C)c1OCc1ccccc1F. The lowest BCUT2D eigenvalue weighted by Crippen LogP contribution is -2.15. The van der Waals surface area contributed by atoms with Gasteiger partial charge in [-0.2, -0.15) is 0 Å². The molecule has 2 heterocycles. The van der Waals surface area contributed by atoms with Crippen LogP contribution in [0, 0.1) is 5.82 Å². The second kappa shape index (κ2) is 8.63. The summed E-state index contributed by atoms with van der Waals surface area (Å²) < 4.78 is 27.5. The molecule has 6 nitrogen and oxygen atoms in total. The van der Waals surface area contributed by atoms with E-state index < -0.39 is 0 Å². The fourth-order valence-corrected chi connectivity index (χ4v) is 4.74. The highest BCUT2D eigenvalue weighted by molar-refractivity contribution is 8.14. The molecule has 2 aromatic carbocycles. The molecule has 0 spiro atoms. The van der Waals surface area contributed by atoms with Crippen molar-refractivity contribution in [1.29, 1.82) is 0 Å². The Bertz CT molecular complexity index is 1200. The molecular formula is C23H24FN3O3S. The number of benzene rings is 2. The van der Waals surface area contributed by atoms with Crippen molar-refractivity contribution in [3.63, 3.8) is 0 Å². The van der Waals surface area contributed by atoms with E-state index in [9.17, 15) is 9.18 Å². The number of hydrogen-bond acceptors (Lipinski definition) is 5. The zero-order chi connectivity index (χ0) is 22.1. The lowest BCUT2D eigenvalue weighted by molar-refractivity contribution is 0.277. The number of aliphatic imine (C=N–C) groups is 1. The van der Waals surface area contributed by atoms with Crippen molar-refractivity contribution in [2.75, 3.05) is 7.11 Å². The Balaban J connectivity index is 1.80. The third kappa shape index (κ3) is 3.99. The minimum atomic E-state index is -0.332.